The highest BCUT2D eigenvalue weighted by Crippen LogP contribution is 2.33. The number of hydrogen-bond donors (Lipinski definition) is 2. The molecule has 0 aliphatic rings. The zero-order valence-corrected chi connectivity index (χ0v) is 14.3. The van der Waals surface area contributed by atoms with Crippen molar-refractivity contribution < 1.29 is 5.11 Å². The predicted octanol–water partition coefficient (Wildman–Crippen LogP) is 5.20. The lowest BCUT2D eigenvalue weighted by molar-refractivity contribution is 0.202. The van der Waals surface area contributed by atoms with E-state index in [4.69, 9.17) is 11.6 Å². The summed E-state index contributed by atoms with van der Waals surface area (Å²) in [5.41, 5.74) is 1.53. The van der Waals surface area contributed by atoms with Crippen molar-refractivity contribution in [1.29, 1.82) is 0 Å². The van der Waals surface area contributed by atoms with E-state index in [9.17, 15) is 5.11 Å². The van der Waals surface area contributed by atoms with Crippen LogP contribution >= 0.6 is 27.5 Å². The molecule has 0 amide bonds. The molecule has 0 radical (unpaired) electrons. The molecule has 21 heavy (non-hydrogen) atoms. The Labute approximate surface area is 139 Å². The molecule has 112 valence electrons. The van der Waals surface area contributed by atoms with Gasteiger partial charge in [0, 0.05) is 10.2 Å². The Morgan fingerprint density at radius 3 is 2.48 bits per heavy atom. The Bertz CT molecular complexity index is 591. The summed E-state index contributed by atoms with van der Waals surface area (Å²) in [5.74, 6) is 0. The van der Waals surface area contributed by atoms with Gasteiger partial charge in [-0.3, -0.25) is 0 Å². The van der Waals surface area contributed by atoms with Crippen molar-refractivity contribution in [2.45, 2.75) is 25.3 Å². The molecule has 0 spiro atoms. The Hall–Kier alpha value is -1.03. The third kappa shape index (κ3) is 3.79. The molecule has 2 aromatic carbocycles. The SMILES string of the molecule is CCCC(CO)(Nc1ccc(Cl)c(Br)c1)c1ccccc1. The average molecular weight is 369 g/mol. The van der Waals surface area contributed by atoms with E-state index in [1.807, 2.05) is 48.5 Å². The van der Waals surface area contributed by atoms with E-state index in [0.29, 0.717) is 5.02 Å². The van der Waals surface area contributed by atoms with Gasteiger partial charge in [-0.1, -0.05) is 55.3 Å². The van der Waals surface area contributed by atoms with E-state index < -0.39 is 5.54 Å². The van der Waals surface area contributed by atoms with E-state index in [1.54, 1.807) is 0 Å². The van der Waals surface area contributed by atoms with Crippen molar-refractivity contribution in [2.24, 2.45) is 0 Å². The summed E-state index contributed by atoms with van der Waals surface area (Å²) in [5, 5.41) is 14.2. The van der Waals surface area contributed by atoms with Gasteiger partial charge in [0.25, 0.3) is 0 Å². The number of hydrogen-bond acceptors (Lipinski definition) is 2. The standard InChI is InChI=1S/C17H19BrClNO/c1-2-10-17(12-21,13-6-4-3-5-7-13)20-14-8-9-16(19)15(18)11-14/h3-9,11,20-21H,2,10,12H2,1H3. The van der Waals surface area contributed by atoms with Gasteiger partial charge in [-0.15, -0.1) is 0 Å². The topological polar surface area (TPSA) is 32.3 Å². The zero-order valence-electron chi connectivity index (χ0n) is 11.9. The molecule has 0 heterocycles. The number of rotatable bonds is 6. The molecule has 0 aliphatic carbocycles. The molecule has 2 aromatic rings. The highest BCUT2D eigenvalue weighted by atomic mass is 79.9. The van der Waals surface area contributed by atoms with Crippen molar-refractivity contribution in [2.75, 3.05) is 11.9 Å². The van der Waals surface area contributed by atoms with Crippen molar-refractivity contribution >= 4 is 33.2 Å². The first-order valence-electron chi connectivity index (χ1n) is 7.01. The minimum absolute atomic E-state index is 0.0328. The molecule has 2 N–H and O–H groups in total. The van der Waals surface area contributed by atoms with Gasteiger partial charge in [-0.25, -0.2) is 0 Å². The number of aliphatic hydroxyl groups excluding tert-OH is 1. The first kappa shape index (κ1) is 16.3. The van der Waals surface area contributed by atoms with Gasteiger partial charge < -0.3 is 10.4 Å². The molecule has 0 saturated heterocycles. The summed E-state index contributed by atoms with van der Waals surface area (Å²) in [4.78, 5) is 0. The van der Waals surface area contributed by atoms with Crippen LogP contribution in [0.15, 0.2) is 53.0 Å². The van der Waals surface area contributed by atoms with Crippen LogP contribution in [0.25, 0.3) is 0 Å². The summed E-state index contributed by atoms with van der Waals surface area (Å²) in [6.07, 6.45) is 1.81. The fourth-order valence-corrected chi connectivity index (χ4v) is 3.02. The molecule has 0 aromatic heterocycles. The number of nitrogens with one attached hydrogen (secondary N) is 1. The third-order valence-corrected chi connectivity index (χ3v) is 4.79. The van der Waals surface area contributed by atoms with Crippen LogP contribution in [0.1, 0.15) is 25.3 Å². The fraction of sp³-hybridized carbons (Fsp3) is 0.294. The second kappa shape index (κ2) is 7.30. The van der Waals surface area contributed by atoms with E-state index in [1.165, 1.54) is 0 Å². The summed E-state index contributed by atoms with van der Waals surface area (Å²) in [6.45, 7) is 2.15. The van der Waals surface area contributed by atoms with Gasteiger partial charge >= 0.3 is 0 Å². The monoisotopic (exact) mass is 367 g/mol. The number of halogens is 2. The molecule has 0 bridgehead atoms. The van der Waals surface area contributed by atoms with Crippen molar-refractivity contribution in [3.63, 3.8) is 0 Å². The average Bonchev–Trinajstić information content (AvgIpc) is 2.51. The third-order valence-electron chi connectivity index (χ3n) is 3.58. The van der Waals surface area contributed by atoms with Crippen molar-refractivity contribution in [3.05, 3.63) is 63.6 Å². The molecule has 2 rings (SSSR count). The van der Waals surface area contributed by atoms with Gasteiger partial charge in [0.2, 0.25) is 0 Å². The van der Waals surface area contributed by atoms with Crippen molar-refractivity contribution in [1.82, 2.24) is 0 Å². The predicted molar refractivity (Wildman–Crippen MR) is 92.9 cm³/mol. The van der Waals surface area contributed by atoms with Crippen LogP contribution in [-0.2, 0) is 5.54 Å². The minimum atomic E-state index is -0.483. The van der Waals surface area contributed by atoms with Gasteiger partial charge in [0.15, 0.2) is 0 Å². The van der Waals surface area contributed by atoms with E-state index in [0.717, 1.165) is 28.6 Å². The summed E-state index contributed by atoms with van der Waals surface area (Å²) < 4.78 is 0.838. The number of anilines is 1. The lowest BCUT2D eigenvalue weighted by Crippen LogP contribution is -2.39. The summed E-state index contributed by atoms with van der Waals surface area (Å²) >= 11 is 9.48. The first-order valence-corrected chi connectivity index (χ1v) is 8.18. The second-order valence-electron chi connectivity index (χ2n) is 5.11. The second-order valence-corrected chi connectivity index (χ2v) is 6.37. The summed E-state index contributed by atoms with van der Waals surface area (Å²) in [6, 6.07) is 15.8. The normalized spacial score (nSPS) is 13.7. The fourth-order valence-electron chi connectivity index (χ4n) is 2.52. The maximum atomic E-state index is 10.0. The largest absolute Gasteiger partial charge is 0.394 e. The molecule has 0 saturated carbocycles. The van der Waals surface area contributed by atoms with Crippen LogP contribution in [-0.4, -0.2) is 11.7 Å². The van der Waals surface area contributed by atoms with Crippen LogP contribution in [0, 0.1) is 0 Å². The zero-order chi connectivity index (χ0) is 15.3. The highest BCUT2D eigenvalue weighted by molar-refractivity contribution is 9.10. The molecule has 0 fully saturated rings. The van der Waals surface area contributed by atoms with Crippen LogP contribution in [0.5, 0.6) is 0 Å². The van der Waals surface area contributed by atoms with Crippen LogP contribution < -0.4 is 5.32 Å². The molecule has 1 atom stereocenters. The lowest BCUT2D eigenvalue weighted by atomic mass is 9.86. The number of benzene rings is 2. The Morgan fingerprint density at radius 1 is 1.19 bits per heavy atom. The van der Waals surface area contributed by atoms with E-state index in [2.05, 4.69) is 28.2 Å². The van der Waals surface area contributed by atoms with E-state index in [-0.39, 0.29) is 6.61 Å². The highest BCUT2D eigenvalue weighted by Gasteiger charge is 2.30. The summed E-state index contributed by atoms with van der Waals surface area (Å²) in [7, 11) is 0. The Morgan fingerprint density at radius 2 is 1.90 bits per heavy atom. The quantitative estimate of drug-likeness (QED) is 0.734. The van der Waals surface area contributed by atoms with Gasteiger partial charge in [0.05, 0.1) is 17.2 Å². The van der Waals surface area contributed by atoms with Crippen LogP contribution in [0.2, 0.25) is 5.02 Å². The Balaban J connectivity index is 2.38. The lowest BCUT2D eigenvalue weighted by Gasteiger charge is -2.34. The van der Waals surface area contributed by atoms with Crippen molar-refractivity contribution in [3.8, 4) is 0 Å². The molecule has 0 aliphatic heterocycles. The maximum Gasteiger partial charge on any atom is 0.0856 e. The maximum absolute atomic E-state index is 10.0. The molecule has 4 heteroatoms. The molecular formula is C17H19BrClNO. The van der Waals surface area contributed by atoms with Crippen LogP contribution in [0.3, 0.4) is 0 Å². The van der Waals surface area contributed by atoms with Crippen LogP contribution in [0.4, 0.5) is 5.69 Å². The van der Waals surface area contributed by atoms with Gasteiger partial charge in [0.1, 0.15) is 0 Å². The smallest absolute Gasteiger partial charge is 0.0856 e. The molecular weight excluding hydrogens is 350 g/mol. The first-order chi connectivity index (χ1) is 10.1. The van der Waals surface area contributed by atoms with Gasteiger partial charge in [-0.05, 0) is 46.1 Å². The number of aliphatic hydroxyl groups is 1. The Kier molecular flexibility index (Phi) is 5.68. The van der Waals surface area contributed by atoms with Gasteiger partial charge in [-0.2, -0.15) is 0 Å². The molecule has 1 unspecified atom stereocenters. The molecule has 2 nitrogen and oxygen atoms in total. The van der Waals surface area contributed by atoms with E-state index >= 15 is 0 Å². The minimum Gasteiger partial charge on any atom is -0.394 e.